The van der Waals surface area contributed by atoms with Crippen LogP contribution in [0, 0.1) is 27.3 Å². The number of methoxy groups -OCH3 is 1. The number of aromatic amines is 1. The number of nitro groups is 1. The number of ether oxygens (including phenoxy) is 2. The first-order chi connectivity index (χ1) is 37.4. The van der Waals surface area contributed by atoms with Crippen LogP contribution < -0.4 is 24.4 Å². The van der Waals surface area contributed by atoms with Crippen molar-refractivity contribution < 1.29 is 41.5 Å². The summed E-state index contributed by atoms with van der Waals surface area (Å²) in [7, 11) is -3.19. The molecule has 4 N–H and O–H groups in total. The van der Waals surface area contributed by atoms with E-state index in [2.05, 4.69) is 80.1 Å². The second-order valence-corrected chi connectivity index (χ2v) is 24.3. The minimum Gasteiger partial charge on any atom is -0.497 e. The van der Waals surface area contributed by atoms with E-state index in [0.717, 1.165) is 69.7 Å². The van der Waals surface area contributed by atoms with Gasteiger partial charge in [-0.15, -0.1) is 0 Å². The number of hydrogen-bond acceptors (Lipinski definition) is 14. The standard InChI is InChI=1S/C59H67FN8O9S/c1-37(2)44-7-5-6-8-45(44)51-36-65(35-39-9-11-42(75-4)12-10-39)24-25-67(51)41-31-59(32-41)19-22-66(23-20-59)49-29-52(77-43-27-40-15-21-61-56(40)63-34-43)47(28-48(49)60)57(69)64-78(73,74)53-30-50(68(71)72)54(55-46(53)16-26-76-55)62-33-38-13-17-58(3,70)18-14-38/h5-12,15-16,21,26-30,34,37-38,41,51,62,70H,13-14,17-20,22-25,31-33,35-36H2,1-4H3,(H,61,63)(H,64,69)/t38?,51-,58?/m0/s1. The van der Waals surface area contributed by atoms with Crippen LogP contribution in [0.15, 0.2) is 113 Å². The quantitative estimate of drug-likeness (QED) is 0.0524. The van der Waals surface area contributed by atoms with Crippen LogP contribution in [-0.2, 0) is 16.6 Å². The molecule has 2 saturated carbocycles. The Bertz CT molecular complexity index is 3470. The molecular formula is C59H67FN8O9S. The molecule has 4 aromatic carbocycles. The molecule has 11 rings (SSSR count). The Balaban J connectivity index is 0.817. The number of carbonyl (C=O) groups excluding carboxylic acids is 1. The molecule has 0 unspecified atom stereocenters. The number of amides is 1. The van der Waals surface area contributed by atoms with Crippen molar-refractivity contribution in [3.05, 3.63) is 142 Å². The summed E-state index contributed by atoms with van der Waals surface area (Å²) in [5, 5.41) is 26.8. The highest BCUT2D eigenvalue weighted by molar-refractivity contribution is 7.90. The van der Waals surface area contributed by atoms with Crippen molar-refractivity contribution in [2.45, 2.75) is 107 Å². The Kier molecular flexibility index (Phi) is 14.5. The summed E-state index contributed by atoms with van der Waals surface area (Å²) >= 11 is 0. The molecule has 17 nitrogen and oxygen atoms in total. The molecule has 0 bridgehead atoms. The van der Waals surface area contributed by atoms with Crippen LogP contribution in [0.3, 0.4) is 0 Å². The number of benzene rings is 4. The molecule has 1 atom stereocenters. The zero-order valence-corrected chi connectivity index (χ0v) is 45.3. The van der Waals surface area contributed by atoms with E-state index in [0.29, 0.717) is 68.3 Å². The molecule has 0 radical (unpaired) electrons. The maximum atomic E-state index is 16.8. The normalized spacial score (nSPS) is 21.2. The Morgan fingerprint density at radius 1 is 0.987 bits per heavy atom. The van der Waals surface area contributed by atoms with Gasteiger partial charge in [-0.1, -0.05) is 50.2 Å². The van der Waals surface area contributed by atoms with Crippen molar-refractivity contribution in [1.82, 2.24) is 24.5 Å². The number of nitrogens with zero attached hydrogens (tertiary/aromatic N) is 5. The number of piperidine rings is 1. The molecular weight excluding hydrogens is 1020 g/mol. The minimum absolute atomic E-state index is 0.000812. The first kappa shape index (κ1) is 53.0. The van der Waals surface area contributed by atoms with Crippen LogP contribution in [0.25, 0.3) is 22.0 Å². The number of aromatic nitrogens is 2. The lowest BCUT2D eigenvalue weighted by atomic mass is 9.59. The Morgan fingerprint density at radius 3 is 2.47 bits per heavy atom. The zero-order valence-electron chi connectivity index (χ0n) is 44.5. The molecule has 5 heterocycles. The van der Waals surface area contributed by atoms with Crippen molar-refractivity contribution >= 4 is 55.0 Å². The summed E-state index contributed by atoms with van der Waals surface area (Å²) in [4.78, 5) is 40.4. The van der Waals surface area contributed by atoms with Crippen LogP contribution in [0.5, 0.6) is 17.2 Å². The van der Waals surface area contributed by atoms with Crippen molar-refractivity contribution in [2.24, 2.45) is 11.3 Å². The van der Waals surface area contributed by atoms with Crippen molar-refractivity contribution in [3.63, 3.8) is 0 Å². The van der Waals surface area contributed by atoms with Crippen LogP contribution in [0.2, 0.25) is 0 Å². The number of anilines is 2. The highest BCUT2D eigenvalue weighted by Gasteiger charge is 2.50. The average molecular weight is 1080 g/mol. The van der Waals surface area contributed by atoms with Gasteiger partial charge >= 0.3 is 0 Å². The smallest absolute Gasteiger partial charge is 0.297 e. The maximum absolute atomic E-state index is 16.8. The third-order valence-electron chi connectivity index (χ3n) is 17.1. The van der Waals surface area contributed by atoms with Crippen LogP contribution in [0.4, 0.5) is 21.5 Å². The van der Waals surface area contributed by atoms with Crippen molar-refractivity contribution in [2.75, 3.05) is 56.6 Å². The van der Waals surface area contributed by atoms with Gasteiger partial charge < -0.3 is 34.2 Å². The number of piperazine rings is 1. The largest absolute Gasteiger partial charge is 0.497 e. The SMILES string of the molecule is COc1ccc(CN2CCN(C3CC4(CCN(c5cc(Oc6cnc7[nH]ccc7c6)c(C(=O)NS(=O)(=O)c6cc([N+](=O)[O-])c(NCC7CCC(C)(O)CC7)c7occc67)cc5F)CC4)C3)[C@H](c3ccccc3C(C)C)C2)cc1. The number of nitrogens with one attached hydrogen (secondary N) is 3. The number of sulfonamides is 1. The van der Waals surface area contributed by atoms with Gasteiger partial charge in [0.05, 0.1) is 41.3 Å². The van der Waals surface area contributed by atoms with Gasteiger partial charge in [-0.2, -0.15) is 0 Å². The number of carbonyl (C=O) groups is 1. The summed E-state index contributed by atoms with van der Waals surface area (Å²) in [6.45, 7) is 11.4. The van der Waals surface area contributed by atoms with Gasteiger partial charge in [-0.05, 0) is 129 Å². The van der Waals surface area contributed by atoms with E-state index in [4.69, 9.17) is 13.9 Å². The third kappa shape index (κ3) is 10.8. The van der Waals surface area contributed by atoms with Crippen LogP contribution in [0.1, 0.15) is 111 Å². The molecule has 2 aliphatic heterocycles. The summed E-state index contributed by atoms with van der Waals surface area (Å²) in [6, 6.07) is 26.0. The molecule has 2 aliphatic carbocycles. The number of fused-ring (bicyclic) bond motifs is 2. The van der Waals surface area contributed by atoms with Gasteiger partial charge in [0.1, 0.15) is 33.6 Å². The van der Waals surface area contributed by atoms with Gasteiger partial charge in [-0.3, -0.25) is 24.7 Å². The predicted octanol–water partition coefficient (Wildman–Crippen LogP) is 11.1. The second kappa shape index (κ2) is 21.3. The molecule has 4 fully saturated rings. The second-order valence-electron chi connectivity index (χ2n) is 22.6. The third-order valence-corrected chi connectivity index (χ3v) is 18.4. The van der Waals surface area contributed by atoms with Crippen LogP contribution >= 0.6 is 0 Å². The molecule has 1 amide bonds. The van der Waals surface area contributed by atoms with Gasteiger partial charge in [0.2, 0.25) is 0 Å². The van der Waals surface area contributed by atoms with E-state index in [-0.39, 0.29) is 51.2 Å². The number of nitro benzene ring substituents is 1. The average Bonchev–Trinajstić information content (AvgIpc) is 4.26. The highest BCUT2D eigenvalue weighted by Crippen LogP contribution is 2.54. The fourth-order valence-corrected chi connectivity index (χ4v) is 13.8. The molecule has 4 aliphatic rings. The van der Waals surface area contributed by atoms with E-state index < -0.39 is 48.4 Å². The van der Waals surface area contributed by atoms with E-state index >= 15 is 4.39 Å². The first-order valence-electron chi connectivity index (χ1n) is 27.1. The van der Waals surface area contributed by atoms with E-state index in [9.17, 15) is 28.4 Å². The van der Waals surface area contributed by atoms with Crippen LogP contribution in [-0.4, -0.2) is 102 Å². The number of hydrogen-bond donors (Lipinski definition) is 4. The molecule has 3 aromatic heterocycles. The maximum Gasteiger partial charge on any atom is 0.297 e. The van der Waals surface area contributed by atoms with Gasteiger partial charge in [0.25, 0.3) is 21.6 Å². The number of furan rings is 1. The number of rotatable bonds is 16. The number of H-pyrrole nitrogens is 1. The van der Waals surface area contributed by atoms with Gasteiger partial charge in [-0.25, -0.2) is 22.5 Å². The topological polar surface area (TPSA) is 209 Å². The van der Waals surface area contributed by atoms with E-state index in [1.54, 1.807) is 32.4 Å². The van der Waals surface area contributed by atoms with Crippen molar-refractivity contribution in [1.29, 1.82) is 0 Å². The fraction of sp³-hybridized carbons (Fsp3) is 0.424. The monoisotopic (exact) mass is 1080 g/mol. The molecule has 410 valence electrons. The lowest BCUT2D eigenvalue weighted by Gasteiger charge is -2.58. The fourth-order valence-electron chi connectivity index (χ4n) is 12.6. The minimum atomic E-state index is -4.88. The predicted molar refractivity (Wildman–Crippen MR) is 296 cm³/mol. The number of halogens is 1. The molecule has 19 heteroatoms. The molecule has 2 saturated heterocycles. The highest BCUT2D eigenvalue weighted by atomic mass is 32.2. The number of aliphatic hydroxyl groups is 1. The summed E-state index contributed by atoms with van der Waals surface area (Å²) in [5.74, 6) is -0.509. The Morgan fingerprint density at radius 2 is 1.74 bits per heavy atom. The summed E-state index contributed by atoms with van der Waals surface area (Å²) in [5.41, 5.74) is 3.08. The Hall–Kier alpha value is -7.06. The number of pyridine rings is 1. The van der Waals surface area contributed by atoms with E-state index in [1.165, 1.54) is 41.3 Å². The Labute approximate surface area is 453 Å². The summed E-state index contributed by atoms with van der Waals surface area (Å²) in [6.07, 6.45) is 10.7. The van der Waals surface area contributed by atoms with Crippen molar-refractivity contribution in [3.8, 4) is 17.2 Å². The van der Waals surface area contributed by atoms with Gasteiger partial charge in [0, 0.05) is 87.0 Å². The molecule has 1 spiro atoms. The van der Waals surface area contributed by atoms with Gasteiger partial charge in [0.15, 0.2) is 11.3 Å². The zero-order chi connectivity index (χ0) is 54.5. The molecule has 78 heavy (non-hydrogen) atoms. The summed E-state index contributed by atoms with van der Waals surface area (Å²) < 4.78 is 64.9. The lowest BCUT2D eigenvalue weighted by molar-refractivity contribution is -0.384. The lowest BCUT2D eigenvalue weighted by Crippen LogP contribution is -2.60. The van der Waals surface area contributed by atoms with E-state index in [1.807, 2.05) is 17.0 Å². The first-order valence-corrected chi connectivity index (χ1v) is 28.5. The molecule has 7 aromatic rings.